The van der Waals surface area contributed by atoms with Crippen molar-refractivity contribution in [3.63, 3.8) is 0 Å². The van der Waals surface area contributed by atoms with Gasteiger partial charge in [0.15, 0.2) is 0 Å². The summed E-state index contributed by atoms with van der Waals surface area (Å²) in [6, 6.07) is 16.7. The van der Waals surface area contributed by atoms with E-state index in [9.17, 15) is 19.2 Å². The molecule has 0 saturated heterocycles. The molecule has 0 heterocycles. The Kier molecular flexibility index (Phi) is 7.49. The molecule has 1 aliphatic carbocycles. The number of rotatable bonds is 8. The summed E-state index contributed by atoms with van der Waals surface area (Å²) < 4.78 is 10.4. The fourth-order valence-electron chi connectivity index (χ4n) is 3.50. The van der Waals surface area contributed by atoms with E-state index in [2.05, 4.69) is 0 Å². The molecule has 0 bridgehead atoms. The molecule has 0 aromatic heterocycles. The van der Waals surface area contributed by atoms with E-state index in [4.69, 9.17) is 9.47 Å². The number of benzene rings is 2. The van der Waals surface area contributed by atoms with E-state index in [-0.39, 0.29) is 25.0 Å². The van der Waals surface area contributed by atoms with Crippen molar-refractivity contribution in [2.45, 2.75) is 25.7 Å². The summed E-state index contributed by atoms with van der Waals surface area (Å²) in [5.41, 5.74) is 0.635. The molecule has 0 unspecified atom stereocenters. The van der Waals surface area contributed by atoms with Crippen molar-refractivity contribution in [1.82, 2.24) is 0 Å². The number of carbonyl (C=O) groups is 4. The molecule has 0 spiro atoms. The number of Topliss-reactive ketones (excluding diaryl/α,β-unsaturated/α-hetero) is 2. The first-order valence-corrected chi connectivity index (χ1v) is 10.1. The molecule has 30 heavy (non-hydrogen) atoms. The minimum atomic E-state index is -0.836. The summed E-state index contributed by atoms with van der Waals surface area (Å²) in [4.78, 5) is 47.9. The predicted octanol–water partition coefficient (Wildman–Crippen LogP) is 3.65. The van der Waals surface area contributed by atoms with Gasteiger partial charge in [0.05, 0.1) is 13.2 Å². The molecule has 0 atom stereocenters. The molecular formula is C24H24O6. The third-order valence-electron chi connectivity index (χ3n) is 5.31. The van der Waals surface area contributed by atoms with Gasteiger partial charge < -0.3 is 9.47 Å². The van der Waals surface area contributed by atoms with Gasteiger partial charge in [-0.3, -0.25) is 9.59 Å². The standard InChI is InChI=1S/C24H24O6/c25-21(19-7-3-1-4-8-19)23(27)29-15-17-11-13-18(14-12-17)16-30-24(28)22(26)20-9-5-2-6-10-20/h1-10,17-18H,11-16H2. The van der Waals surface area contributed by atoms with E-state index in [1.165, 1.54) is 0 Å². The molecule has 0 radical (unpaired) electrons. The number of carbonyl (C=O) groups excluding carboxylic acids is 4. The fraction of sp³-hybridized carbons (Fsp3) is 0.333. The summed E-state index contributed by atoms with van der Waals surface area (Å²) in [6.45, 7) is 0.410. The van der Waals surface area contributed by atoms with Crippen LogP contribution in [-0.4, -0.2) is 36.7 Å². The third-order valence-corrected chi connectivity index (χ3v) is 5.31. The van der Waals surface area contributed by atoms with Gasteiger partial charge in [-0.15, -0.1) is 0 Å². The lowest BCUT2D eigenvalue weighted by Crippen LogP contribution is -2.27. The summed E-state index contributed by atoms with van der Waals surface area (Å²) in [5, 5.41) is 0. The van der Waals surface area contributed by atoms with Gasteiger partial charge in [-0.1, -0.05) is 60.7 Å². The first-order valence-electron chi connectivity index (χ1n) is 10.1. The van der Waals surface area contributed by atoms with Gasteiger partial charge in [-0.2, -0.15) is 0 Å². The van der Waals surface area contributed by atoms with Crippen LogP contribution in [0, 0.1) is 11.8 Å². The molecule has 0 aliphatic heterocycles. The average Bonchev–Trinajstić information content (AvgIpc) is 2.81. The average molecular weight is 408 g/mol. The number of ketones is 2. The largest absolute Gasteiger partial charge is 0.459 e. The van der Waals surface area contributed by atoms with E-state index in [0.29, 0.717) is 11.1 Å². The van der Waals surface area contributed by atoms with Gasteiger partial charge in [0.1, 0.15) is 0 Å². The number of hydrogen-bond acceptors (Lipinski definition) is 6. The highest BCUT2D eigenvalue weighted by molar-refractivity contribution is 6.41. The smallest absolute Gasteiger partial charge is 0.379 e. The Hall–Kier alpha value is -3.28. The summed E-state index contributed by atoms with van der Waals surface area (Å²) in [7, 11) is 0. The molecule has 2 aromatic carbocycles. The van der Waals surface area contributed by atoms with Gasteiger partial charge in [-0.25, -0.2) is 9.59 Å². The lowest BCUT2D eigenvalue weighted by molar-refractivity contribution is -0.141. The van der Waals surface area contributed by atoms with Crippen LogP contribution in [0.5, 0.6) is 0 Å². The van der Waals surface area contributed by atoms with Crippen LogP contribution < -0.4 is 0 Å². The van der Waals surface area contributed by atoms with Crippen LogP contribution in [0.1, 0.15) is 46.4 Å². The van der Waals surface area contributed by atoms with Crippen LogP contribution in [0.2, 0.25) is 0 Å². The van der Waals surface area contributed by atoms with Crippen molar-refractivity contribution in [2.75, 3.05) is 13.2 Å². The van der Waals surface area contributed by atoms with Gasteiger partial charge >= 0.3 is 11.9 Å². The Balaban J connectivity index is 1.36. The maximum Gasteiger partial charge on any atom is 0.379 e. The summed E-state index contributed by atoms with van der Waals surface area (Å²) in [5.74, 6) is -2.60. The molecule has 3 rings (SSSR count). The normalized spacial score (nSPS) is 18.3. The van der Waals surface area contributed by atoms with Crippen molar-refractivity contribution in [2.24, 2.45) is 11.8 Å². The second-order valence-electron chi connectivity index (χ2n) is 7.47. The van der Waals surface area contributed by atoms with Crippen LogP contribution in [0.25, 0.3) is 0 Å². The van der Waals surface area contributed by atoms with Gasteiger partial charge in [0, 0.05) is 11.1 Å². The predicted molar refractivity (Wildman–Crippen MR) is 109 cm³/mol. The second kappa shape index (κ2) is 10.5. The van der Waals surface area contributed by atoms with Crippen LogP contribution in [-0.2, 0) is 19.1 Å². The fourth-order valence-corrected chi connectivity index (χ4v) is 3.50. The minimum Gasteiger partial charge on any atom is -0.459 e. The van der Waals surface area contributed by atoms with Crippen molar-refractivity contribution in [3.8, 4) is 0 Å². The molecule has 6 nitrogen and oxygen atoms in total. The van der Waals surface area contributed by atoms with Gasteiger partial charge in [0.25, 0.3) is 11.6 Å². The zero-order valence-corrected chi connectivity index (χ0v) is 16.6. The molecule has 0 amide bonds. The van der Waals surface area contributed by atoms with Gasteiger partial charge in [-0.05, 0) is 37.5 Å². The van der Waals surface area contributed by atoms with E-state index in [1.54, 1.807) is 60.7 Å². The van der Waals surface area contributed by atoms with Crippen LogP contribution in [0.3, 0.4) is 0 Å². The van der Waals surface area contributed by atoms with Crippen molar-refractivity contribution in [1.29, 1.82) is 0 Å². The highest BCUT2D eigenvalue weighted by Crippen LogP contribution is 2.29. The lowest BCUT2D eigenvalue weighted by Gasteiger charge is -2.27. The second-order valence-corrected chi connectivity index (χ2v) is 7.47. The molecule has 6 heteroatoms. The monoisotopic (exact) mass is 408 g/mol. The van der Waals surface area contributed by atoms with Crippen LogP contribution in [0.4, 0.5) is 0 Å². The number of hydrogen-bond donors (Lipinski definition) is 0. The van der Waals surface area contributed by atoms with Gasteiger partial charge in [0.2, 0.25) is 0 Å². The molecule has 2 aromatic rings. The minimum absolute atomic E-state index is 0.176. The van der Waals surface area contributed by atoms with Crippen LogP contribution in [0.15, 0.2) is 60.7 Å². The first-order chi connectivity index (χ1) is 14.5. The van der Waals surface area contributed by atoms with E-state index in [0.717, 1.165) is 25.7 Å². The molecule has 156 valence electrons. The van der Waals surface area contributed by atoms with E-state index >= 15 is 0 Å². The molecule has 1 aliphatic rings. The van der Waals surface area contributed by atoms with Crippen molar-refractivity contribution in [3.05, 3.63) is 71.8 Å². The topological polar surface area (TPSA) is 86.7 Å². The number of ether oxygens (including phenoxy) is 2. The highest BCUT2D eigenvalue weighted by Gasteiger charge is 2.26. The molecule has 0 N–H and O–H groups in total. The SMILES string of the molecule is O=C(OCC1CCC(COC(=O)C(=O)c2ccccc2)CC1)C(=O)c1ccccc1. The van der Waals surface area contributed by atoms with Crippen LogP contribution >= 0.6 is 0 Å². The Morgan fingerprint density at radius 1 is 0.600 bits per heavy atom. The summed E-state index contributed by atoms with van der Waals surface area (Å²) >= 11 is 0. The zero-order chi connectivity index (χ0) is 21.3. The molecular weight excluding hydrogens is 384 g/mol. The van der Waals surface area contributed by atoms with Crippen molar-refractivity contribution < 1.29 is 28.7 Å². The summed E-state index contributed by atoms with van der Waals surface area (Å²) in [6.07, 6.45) is 3.23. The zero-order valence-electron chi connectivity index (χ0n) is 16.6. The molecule has 1 saturated carbocycles. The van der Waals surface area contributed by atoms with E-state index < -0.39 is 23.5 Å². The lowest BCUT2D eigenvalue weighted by atomic mass is 9.83. The first kappa shape index (κ1) is 21.4. The maximum atomic E-state index is 12.0. The Labute approximate surface area is 175 Å². The number of esters is 2. The van der Waals surface area contributed by atoms with E-state index in [1.807, 2.05) is 0 Å². The quantitative estimate of drug-likeness (QED) is 0.376. The Bertz CT molecular complexity index is 807. The maximum absolute atomic E-state index is 12.0. The van der Waals surface area contributed by atoms with Crippen molar-refractivity contribution >= 4 is 23.5 Å². The molecule has 1 fully saturated rings. The Morgan fingerprint density at radius 2 is 0.933 bits per heavy atom. The highest BCUT2D eigenvalue weighted by atomic mass is 16.5. The Morgan fingerprint density at radius 3 is 1.27 bits per heavy atom. The third kappa shape index (κ3) is 5.86.